The molecule has 0 atom stereocenters. The predicted octanol–water partition coefficient (Wildman–Crippen LogP) is 3.27. The Hall–Kier alpha value is -0.0800. The summed E-state index contributed by atoms with van der Waals surface area (Å²) in [7, 11) is 0. The fourth-order valence-electron chi connectivity index (χ4n) is 1.18. The van der Waals surface area contributed by atoms with Crippen molar-refractivity contribution in [3.8, 4) is 0 Å². The lowest BCUT2D eigenvalue weighted by Gasteiger charge is -2.04. The summed E-state index contributed by atoms with van der Waals surface area (Å²) in [5.41, 5.74) is 1.46. The Kier molecular flexibility index (Phi) is 4.62. The van der Waals surface area contributed by atoms with Gasteiger partial charge in [-0.25, -0.2) is 0 Å². The average molecular weight is 198 g/mol. The van der Waals surface area contributed by atoms with Crippen LogP contribution in [0, 0.1) is 0 Å². The van der Waals surface area contributed by atoms with Gasteiger partial charge in [0.25, 0.3) is 0 Å². The van der Waals surface area contributed by atoms with Crippen molar-refractivity contribution in [2.45, 2.75) is 17.7 Å². The van der Waals surface area contributed by atoms with Gasteiger partial charge in [-0.15, -0.1) is 11.8 Å². The van der Waals surface area contributed by atoms with E-state index in [9.17, 15) is 0 Å². The second kappa shape index (κ2) is 5.55. The molecule has 0 radical (unpaired) electrons. The van der Waals surface area contributed by atoms with E-state index in [1.165, 1.54) is 16.9 Å². The largest absolute Gasteiger partial charge is 0.179 e. The predicted molar refractivity (Wildman–Crippen MR) is 60.4 cm³/mol. The van der Waals surface area contributed by atoms with E-state index in [-0.39, 0.29) is 0 Å². The van der Waals surface area contributed by atoms with Gasteiger partial charge in [0.2, 0.25) is 0 Å². The second-order valence-electron chi connectivity index (χ2n) is 2.64. The molecular formula is C10H14S2. The minimum atomic E-state index is 0.975. The molecule has 66 valence electrons. The zero-order chi connectivity index (χ0) is 8.81. The lowest BCUT2D eigenvalue weighted by molar-refractivity contribution is 0.914. The molecule has 0 saturated carbocycles. The van der Waals surface area contributed by atoms with E-state index in [1.807, 2.05) is 11.8 Å². The molecule has 0 bridgehead atoms. The molecule has 0 heterocycles. The van der Waals surface area contributed by atoms with Crippen molar-refractivity contribution >= 4 is 24.4 Å². The van der Waals surface area contributed by atoms with E-state index in [0.29, 0.717) is 0 Å². The maximum Gasteiger partial charge on any atom is 0.0101 e. The fraction of sp³-hybridized carbons (Fsp3) is 0.400. The number of thiol groups is 1. The van der Waals surface area contributed by atoms with Crippen LogP contribution < -0.4 is 0 Å². The molecule has 0 nitrogen and oxygen atoms in total. The molecule has 0 spiro atoms. The summed E-state index contributed by atoms with van der Waals surface area (Å²) in [6, 6.07) is 8.58. The Bertz CT molecular complexity index is 233. The summed E-state index contributed by atoms with van der Waals surface area (Å²) < 4.78 is 0. The zero-order valence-corrected chi connectivity index (χ0v) is 9.00. The molecule has 0 aliphatic rings. The first-order valence-corrected chi connectivity index (χ1v) is 5.97. The third kappa shape index (κ3) is 2.76. The van der Waals surface area contributed by atoms with Crippen molar-refractivity contribution in [2.24, 2.45) is 0 Å². The topological polar surface area (TPSA) is 0 Å². The fourth-order valence-corrected chi connectivity index (χ4v) is 1.98. The molecule has 0 aromatic heterocycles. The van der Waals surface area contributed by atoms with E-state index >= 15 is 0 Å². The number of rotatable bonds is 4. The first kappa shape index (κ1) is 10.0. The number of aryl methyl sites for hydroxylation is 1. The van der Waals surface area contributed by atoms with Crippen molar-refractivity contribution in [1.29, 1.82) is 0 Å². The molecule has 1 aromatic carbocycles. The summed E-state index contributed by atoms with van der Waals surface area (Å²) >= 11 is 6.03. The summed E-state index contributed by atoms with van der Waals surface area (Å²) in [4.78, 5) is 1.40. The van der Waals surface area contributed by atoms with Crippen molar-refractivity contribution in [2.75, 3.05) is 12.0 Å². The van der Waals surface area contributed by atoms with Crippen LogP contribution in [0.15, 0.2) is 29.2 Å². The maximum atomic E-state index is 4.21. The van der Waals surface area contributed by atoms with Gasteiger partial charge in [0.05, 0.1) is 0 Å². The molecule has 0 unspecified atom stereocenters. The first-order chi connectivity index (χ1) is 5.88. The summed E-state index contributed by atoms with van der Waals surface area (Å²) in [5.74, 6) is 0.975. The van der Waals surface area contributed by atoms with Crippen molar-refractivity contribution in [3.05, 3.63) is 29.8 Å². The lowest BCUT2D eigenvalue weighted by atomic mass is 10.1. The van der Waals surface area contributed by atoms with E-state index in [0.717, 1.165) is 12.2 Å². The molecule has 0 aliphatic heterocycles. The Morgan fingerprint density at radius 1 is 1.33 bits per heavy atom. The molecule has 0 aliphatic carbocycles. The van der Waals surface area contributed by atoms with Gasteiger partial charge in [-0.05, 0) is 36.5 Å². The smallest absolute Gasteiger partial charge is 0.0101 e. The number of hydrogen-bond donors (Lipinski definition) is 1. The molecule has 2 heteroatoms. The number of thioether (sulfide) groups is 1. The quantitative estimate of drug-likeness (QED) is 0.572. The van der Waals surface area contributed by atoms with Crippen molar-refractivity contribution < 1.29 is 0 Å². The van der Waals surface area contributed by atoms with Crippen LogP contribution in [0.4, 0.5) is 0 Å². The second-order valence-corrected chi connectivity index (χ2v) is 3.93. The average Bonchev–Trinajstić information content (AvgIpc) is 2.15. The van der Waals surface area contributed by atoms with Gasteiger partial charge in [0.1, 0.15) is 0 Å². The Balaban J connectivity index is 2.68. The SMILES string of the molecule is CSc1ccccc1CCCS. The van der Waals surface area contributed by atoms with Crippen molar-refractivity contribution in [1.82, 2.24) is 0 Å². The van der Waals surface area contributed by atoms with Crippen LogP contribution in [0.3, 0.4) is 0 Å². The molecule has 1 rings (SSSR count). The molecule has 12 heavy (non-hydrogen) atoms. The highest BCUT2D eigenvalue weighted by atomic mass is 32.2. The van der Waals surface area contributed by atoms with Gasteiger partial charge in [0, 0.05) is 4.90 Å². The molecule has 0 amide bonds. The highest BCUT2D eigenvalue weighted by Gasteiger charge is 1.98. The number of hydrogen-bond acceptors (Lipinski definition) is 2. The van der Waals surface area contributed by atoms with Gasteiger partial charge < -0.3 is 0 Å². The molecule has 0 fully saturated rings. The number of benzene rings is 1. The van der Waals surface area contributed by atoms with Crippen LogP contribution in [0.5, 0.6) is 0 Å². The van der Waals surface area contributed by atoms with Crippen LogP contribution in [-0.2, 0) is 6.42 Å². The van der Waals surface area contributed by atoms with E-state index < -0.39 is 0 Å². The minimum Gasteiger partial charge on any atom is -0.179 e. The van der Waals surface area contributed by atoms with Crippen LogP contribution in [0.25, 0.3) is 0 Å². The van der Waals surface area contributed by atoms with E-state index in [4.69, 9.17) is 0 Å². The third-order valence-corrected chi connectivity index (χ3v) is 2.95. The monoisotopic (exact) mass is 198 g/mol. The molecular weight excluding hydrogens is 184 g/mol. The summed E-state index contributed by atoms with van der Waals surface area (Å²) in [6.45, 7) is 0. The zero-order valence-electron chi connectivity index (χ0n) is 7.29. The normalized spacial score (nSPS) is 10.2. The molecule has 0 saturated heterocycles. The van der Waals surface area contributed by atoms with E-state index in [2.05, 4.69) is 43.2 Å². The standard InChI is InChI=1S/C10H14S2/c1-12-10-7-3-2-5-9(10)6-4-8-11/h2-3,5,7,11H,4,6,8H2,1H3. The van der Waals surface area contributed by atoms with Crippen molar-refractivity contribution in [3.63, 3.8) is 0 Å². The Labute approximate surface area is 84.2 Å². The highest BCUT2D eigenvalue weighted by Crippen LogP contribution is 2.20. The minimum absolute atomic E-state index is 0.975. The third-order valence-electron chi connectivity index (χ3n) is 1.80. The summed E-state index contributed by atoms with van der Waals surface area (Å²) in [5, 5.41) is 0. The van der Waals surface area contributed by atoms with Gasteiger partial charge in [-0.2, -0.15) is 12.6 Å². The van der Waals surface area contributed by atoms with Crippen LogP contribution >= 0.6 is 24.4 Å². The summed E-state index contributed by atoms with van der Waals surface area (Å²) in [6.07, 6.45) is 4.45. The molecule has 0 N–H and O–H groups in total. The van der Waals surface area contributed by atoms with Crippen LogP contribution in [0.1, 0.15) is 12.0 Å². The van der Waals surface area contributed by atoms with Gasteiger partial charge >= 0.3 is 0 Å². The van der Waals surface area contributed by atoms with Crippen LogP contribution in [0.2, 0.25) is 0 Å². The molecule has 1 aromatic rings. The van der Waals surface area contributed by atoms with Gasteiger partial charge in [0.15, 0.2) is 0 Å². The van der Waals surface area contributed by atoms with Crippen LogP contribution in [-0.4, -0.2) is 12.0 Å². The first-order valence-electron chi connectivity index (χ1n) is 4.11. The van der Waals surface area contributed by atoms with Gasteiger partial charge in [-0.3, -0.25) is 0 Å². The maximum absolute atomic E-state index is 4.21. The Morgan fingerprint density at radius 2 is 2.08 bits per heavy atom. The van der Waals surface area contributed by atoms with E-state index in [1.54, 1.807) is 0 Å². The highest BCUT2D eigenvalue weighted by molar-refractivity contribution is 7.98. The van der Waals surface area contributed by atoms with Gasteiger partial charge in [-0.1, -0.05) is 18.2 Å². The lowest BCUT2D eigenvalue weighted by Crippen LogP contribution is -1.88. The Morgan fingerprint density at radius 3 is 2.75 bits per heavy atom.